The van der Waals surface area contributed by atoms with Crippen LogP contribution in [-0.4, -0.2) is 25.3 Å². The second kappa shape index (κ2) is 7.51. The molecule has 1 aromatic heterocycles. The molecule has 27 heavy (non-hydrogen) atoms. The van der Waals surface area contributed by atoms with Gasteiger partial charge in [0.2, 0.25) is 0 Å². The molecule has 0 bridgehead atoms. The second-order valence-electron chi connectivity index (χ2n) is 5.93. The van der Waals surface area contributed by atoms with Crippen LogP contribution in [0.2, 0.25) is 5.15 Å². The lowest BCUT2D eigenvalue weighted by molar-refractivity contribution is -0.135. The molecule has 0 saturated carbocycles. The minimum absolute atomic E-state index is 0.158. The van der Waals surface area contributed by atoms with Crippen molar-refractivity contribution >= 4 is 11.6 Å². The van der Waals surface area contributed by atoms with E-state index in [2.05, 4.69) is 9.97 Å². The van der Waals surface area contributed by atoms with Gasteiger partial charge in [-0.3, -0.25) is 9.36 Å². The van der Waals surface area contributed by atoms with Crippen molar-refractivity contribution < 1.29 is 13.2 Å². The van der Waals surface area contributed by atoms with Crippen molar-refractivity contribution in [2.45, 2.75) is 32.1 Å². The van der Waals surface area contributed by atoms with Gasteiger partial charge in [-0.25, -0.2) is 9.78 Å². The highest BCUT2D eigenvalue weighted by atomic mass is 35.5. The molecule has 0 fully saturated rings. The van der Waals surface area contributed by atoms with Gasteiger partial charge >= 0.3 is 11.9 Å². The van der Waals surface area contributed by atoms with Gasteiger partial charge in [0.05, 0.1) is 12.1 Å². The fourth-order valence-electron chi connectivity index (χ4n) is 2.68. The summed E-state index contributed by atoms with van der Waals surface area (Å²) in [5.41, 5.74) is -0.592. The number of hydrogen-bond acceptors (Lipinski definition) is 4. The molecule has 0 radical (unpaired) electrons. The highest BCUT2D eigenvalue weighted by Gasteiger charge is 2.26. The number of rotatable bonds is 5. The first-order valence-electron chi connectivity index (χ1n) is 8.02. The molecular formula is C17H14ClF3N4O2. The van der Waals surface area contributed by atoms with Gasteiger partial charge in [0, 0.05) is 25.4 Å². The van der Waals surface area contributed by atoms with Gasteiger partial charge in [-0.05, 0) is 30.2 Å². The van der Waals surface area contributed by atoms with Crippen LogP contribution >= 0.6 is 11.6 Å². The Balaban J connectivity index is 1.94. The number of fused-ring (bicyclic) bond motifs is 1. The zero-order valence-electron chi connectivity index (χ0n) is 13.9. The Kier molecular flexibility index (Phi) is 5.31. The summed E-state index contributed by atoms with van der Waals surface area (Å²) in [6.07, 6.45) is -2.57. The van der Waals surface area contributed by atoms with Gasteiger partial charge in [0.25, 0.3) is 5.56 Å². The first-order valence-corrected chi connectivity index (χ1v) is 8.39. The molecule has 0 atom stereocenters. The summed E-state index contributed by atoms with van der Waals surface area (Å²) in [5.74, 6) is 0.162. The average molecular weight is 399 g/mol. The van der Waals surface area contributed by atoms with Gasteiger partial charge in [0.1, 0.15) is 5.15 Å². The lowest BCUT2D eigenvalue weighted by Gasteiger charge is -2.15. The van der Waals surface area contributed by atoms with Crippen molar-refractivity contribution in [3.05, 3.63) is 68.2 Å². The van der Waals surface area contributed by atoms with E-state index in [1.165, 1.54) is 6.07 Å². The Labute approximate surface area is 156 Å². The van der Waals surface area contributed by atoms with Crippen molar-refractivity contribution in [1.82, 2.24) is 19.1 Å². The van der Waals surface area contributed by atoms with E-state index >= 15 is 0 Å². The monoisotopic (exact) mass is 398 g/mol. The number of alkyl halides is 3. The fraction of sp³-hybridized carbons (Fsp3) is 0.294. The zero-order valence-corrected chi connectivity index (χ0v) is 14.7. The van der Waals surface area contributed by atoms with Gasteiger partial charge in [-0.1, -0.05) is 17.7 Å². The Hall–Kier alpha value is -2.68. The van der Waals surface area contributed by atoms with E-state index in [9.17, 15) is 22.8 Å². The molecule has 3 heterocycles. The minimum Gasteiger partial charge on any atom is -0.328 e. The highest BCUT2D eigenvalue weighted by molar-refractivity contribution is 6.29. The maximum absolute atomic E-state index is 12.6. The largest absolute Gasteiger partial charge is 0.389 e. The van der Waals surface area contributed by atoms with E-state index in [0.717, 1.165) is 10.1 Å². The Morgan fingerprint density at radius 3 is 2.59 bits per heavy atom. The van der Waals surface area contributed by atoms with Crippen LogP contribution in [0, 0.1) is 0 Å². The van der Waals surface area contributed by atoms with E-state index in [0.29, 0.717) is 11.7 Å². The minimum atomic E-state index is -4.34. The highest BCUT2D eigenvalue weighted by Crippen LogP contribution is 2.21. The topological polar surface area (TPSA) is 69.8 Å². The molecule has 2 aliphatic heterocycles. The van der Waals surface area contributed by atoms with Crippen LogP contribution in [0.1, 0.15) is 18.4 Å². The maximum Gasteiger partial charge on any atom is 0.389 e. The van der Waals surface area contributed by atoms with Crippen LogP contribution in [0.25, 0.3) is 11.4 Å². The van der Waals surface area contributed by atoms with E-state index < -0.39 is 23.8 Å². The summed E-state index contributed by atoms with van der Waals surface area (Å²) in [7, 11) is 0. The first kappa shape index (κ1) is 19.1. The fourth-order valence-corrected chi connectivity index (χ4v) is 2.79. The molecule has 1 aromatic rings. The summed E-state index contributed by atoms with van der Waals surface area (Å²) in [5, 5.41) is 0.336. The van der Waals surface area contributed by atoms with Gasteiger partial charge < -0.3 is 4.57 Å². The third-order valence-electron chi connectivity index (χ3n) is 3.93. The average Bonchev–Trinajstić information content (AvgIpc) is 2.59. The molecule has 0 saturated heterocycles. The van der Waals surface area contributed by atoms with Crippen molar-refractivity contribution in [2.24, 2.45) is 0 Å². The number of nitrogens with zero attached hydrogens (tertiary/aromatic N) is 4. The molecule has 0 amide bonds. The molecule has 3 rings (SSSR count). The van der Waals surface area contributed by atoms with Gasteiger partial charge in [-0.15, -0.1) is 0 Å². The third kappa shape index (κ3) is 4.54. The van der Waals surface area contributed by atoms with Crippen molar-refractivity contribution in [3.8, 4) is 11.4 Å². The standard InChI is InChI=1S/C17H14ClF3N4O2/c18-13-5-4-11(9-22-13)10-24-7-1-3-12-14(24)23-16(27)25(15(12)26)8-2-6-17(19,20)21/h1,3-5,7,9H,2,6,8,10H2. The van der Waals surface area contributed by atoms with Crippen molar-refractivity contribution in [1.29, 1.82) is 0 Å². The Morgan fingerprint density at radius 2 is 1.93 bits per heavy atom. The van der Waals surface area contributed by atoms with E-state index in [4.69, 9.17) is 11.6 Å². The summed E-state index contributed by atoms with van der Waals surface area (Å²) >= 11 is 5.75. The number of aromatic nitrogens is 4. The number of pyridine rings is 2. The molecule has 0 spiro atoms. The molecule has 2 aliphatic rings. The summed E-state index contributed by atoms with van der Waals surface area (Å²) < 4.78 is 39.2. The second-order valence-corrected chi connectivity index (χ2v) is 6.32. The molecule has 6 nitrogen and oxygen atoms in total. The normalized spacial score (nSPS) is 11.9. The SMILES string of the molecule is O=c1nc2n(Cc3ccc(Cl)nc3)cccc-2c(=O)n1CCCC(F)(F)F. The molecule has 142 valence electrons. The lowest BCUT2D eigenvalue weighted by Crippen LogP contribution is -2.38. The van der Waals surface area contributed by atoms with Crippen LogP contribution in [0.15, 0.2) is 46.2 Å². The molecule has 0 N–H and O–H groups in total. The molecule has 10 heteroatoms. The first-order chi connectivity index (χ1) is 12.7. The quantitative estimate of drug-likeness (QED) is 0.620. The predicted octanol–water partition coefficient (Wildman–Crippen LogP) is 2.95. The third-order valence-corrected chi connectivity index (χ3v) is 4.16. The van der Waals surface area contributed by atoms with Crippen LogP contribution in [0.5, 0.6) is 0 Å². The van der Waals surface area contributed by atoms with Crippen LogP contribution in [0.3, 0.4) is 0 Å². The maximum atomic E-state index is 12.6. The molecule has 0 unspecified atom stereocenters. The van der Waals surface area contributed by atoms with Crippen molar-refractivity contribution in [3.63, 3.8) is 0 Å². The smallest absolute Gasteiger partial charge is 0.328 e. The summed E-state index contributed by atoms with van der Waals surface area (Å²) in [6, 6.07) is 6.46. The zero-order chi connectivity index (χ0) is 19.6. The predicted molar refractivity (Wildman–Crippen MR) is 93.0 cm³/mol. The number of halogens is 4. The lowest BCUT2D eigenvalue weighted by atomic mass is 10.2. The van der Waals surface area contributed by atoms with E-state index in [-0.39, 0.29) is 24.4 Å². The van der Waals surface area contributed by atoms with Crippen molar-refractivity contribution in [2.75, 3.05) is 0 Å². The molecule has 0 aromatic carbocycles. The van der Waals surface area contributed by atoms with Gasteiger partial charge in [-0.2, -0.15) is 18.2 Å². The Bertz CT molecular complexity index is 1030. The summed E-state index contributed by atoms with van der Waals surface area (Å²) in [6.45, 7) is -0.0401. The number of hydrogen-bond donors (Lipinski definition) is 0. The van der Waals surface area contributed by atoms with Crippen LogP contribution in [0.4, 0.5) is 13.2 Å². The van der Waals surface area contributed by atoms with Crippen LogP contribution < -0.4 is 11.2 Å². The van der Waals surface area contributed by atoms with E-state index in [1.54, 1.807) is 35.2 Å². The summed E-state index contributed by atoms with van der Waals surface area (Å²) in [4.78, 5) is 32.6. The Morgan fingerprint density at radius 1 is 1.15 bits per heavy atom. The van der Waals surface area contributed by atoms with Gasteiger partial charge in [0.15, 0.2) is 5.82 Å². The van der Waals surface area contributed by atoms with Crippen LogP contribution in [-0.2, 0) is 13.1 Å². The molecular weight excluding hydrogens is 385 g/mol. The molecule has 0 aliphatic carbocycles. The van der Waals surface area contributed by atoms with E-state index in [1.807, 2.05) is 0 Å².